The van der Waals surface area contributed by atoms with E-state index in [0.29, 0.717) is 17.2 Å². The number of benzene rings is 1. The number of hydrogen-bond donors (Lipinski definition) is 1. The summed E-state index contributed by atoms with van der Waals surface area (Å²) in [4.78, 5) is 14.3. The third-order valence-electron chi connectivity index (χ3n) is 4.58. The first kappa shape index (κ1) is 14.5. The normalized spacial score (nSPS) is 19.8. The molecule has 1 amide bonds. The van der Waals surface area contributed by atoms with Gasteiger partial charge in [0.2, 0.25) is 0 Å². The number of nitrogens with zero attached hydrogens (tertiary/aromatic N) is 1. The van der Waals surface area contributed by atoms with Crippen molar-refractivity contribution in [2.75, 3.05) is 19.6 Å². The van der Waals surface area contributed by atoms with Gasteiger partial charge in [-0.05, 0) is 68.8 Å². The zero-order chi connectivity index (χ0) is 14.8. The highest BCUT2D eigenvalue weighted by atomic mass is 19.1. The van der Waals surface area contributed by atoms with Crippen molar-refractivity contribution in [3.05, 3.63) is 35.1 Å². The zero-order valence-electron chi connectivity index (χ0n) is 12.6. The van der Waals surface area contributed by atoms with Gasteiger partial charge in [-0.15, -0.1) is 0 Å². The molecule has 1 saturated carbocycles. The Morgan fingerprint density at radius 1 is 1.29 bits per heavy atom. The number of nitrogens with one attached hydrogen (secondary N) is 1. The van der Waals surface area contributed by atoms with Crippen LogP contribution in [-0.4, -0.2) is 36.5 Å². The van der Waals surface area contributed by atoms with Gasteiger partial charge in [-0.25, -0.2) is 4.39 Å². The van der Waals surface area contributed by atoms with E-state index < -0.39 is 0 Å². The third kappa shape index (κ3) is 3.62. The molecule has 0 unspecified atom stereocenters. The molecule has 0 spiro atoms. The molecule has 1 heterocycles. The summed E-state index contributed by atoms with van der Waals surface area (Å²) in [6.45, 7) is 4.41. The second-order valence-corrected chi connectivity index (χ2v) is 6.38. The number of piperidine rings is 1. The first-order valence-corrected chi connectivity index (χ1v) is 7.92. The Morgan fingerprint density at radius 2 is 2.00 bits per heavy atom. The van der Waals surface area contributed by atoms with Crippen molar-refractivity contribution in [1.82, 2.24) is 10.2 Å². The molecule has 3 nitrogen and oxygen atoms in total. The van der Waals surface area contributed by atoms with E-state index in [1.807, 2.05) is 4.90 Å². The summed E-state index contributed by atoms with van der Waals surface area (Å²) in [7, 11) is 0. The highest BCUT2D eigenvalue weighted by Crippen LogP contribution is 2.28. The van der Waals surface area contributed by atoms with Gasteiger partial charge in [-0.1, -0.05) is 0 Å². The molecule has 114 valence electrons. The lowest BCUT2D eigenvalue weighted by Gasteiger charge is -2.32. The average Bonchev–Trinajstić information content (AvgIpc) is 3.32. The summed E-state index contributed by atoms with van der Waals surface area (Å²) in [6, 6.07) is 5.16. The number of carbonyl (C=O) groups excluding carboxylic acids is 1. The molecule has 1 aliphatic carbocycles. The fraction of sp³-hybridized carbons (Fsp3) is 0.588. The molecule has 0 bridgehead atoms. The van der Waals surface area contributed by atoms with Crippen LogP contribution < -0.4 is 5.32 Å². The van der Waals surface area contributed by atoms with Gasteiger partial charge in [0.05, 0.1) is 0 Å². The molecule has 2 fully saturated rings. The largest absolute Gasteiger partial charge is 0.339 e. The van der Waals surface area contributed by atoms with Crippen molar-refractivity contribution >= 4 is 5.91 Å². The Morgan fingerprint density at radius 3 is 2.62 bits per heavy atom. The van der Waals surface area contributed by atoms with Crippen LogP contribution in [0.3, 0.4) is 0 Å². The van der Waals surface area contributed by atoms with E-state index in [4.69, 9.17) is 0 Å². The van der Waals surface area contributed by atoms with Crippen LogP contribution in [0.15, 0.2) is 18.2 Å². The van der Waals surface area contributed by atoms with Crippen LogP contribution in [0.5, 0.6) is 0 Å². The number of hydrogen-bond acceptors (Lipinski definition) is 2. The maximum atomic E-state index is 13.3. The molecule has 0 atom stereocenters. The van der Waals surface area contributed by atoms with Gasteiger partial charge < -0.3 is 10.2 Å². The third-order valence-corrected chi connectivity index (χ3v) is 4.58. The fourth-order valence-electron chi connectivity index (χ4n) is 2.90. The summed E-state index contributed by atoms with van der Waals surface area (Å²) in [5.41, 5.74) is 1.13. The van der Waals surface area contributed by atoms with Crippen LogP contribution in [0.25, 0.3) is 0 Å². The van der Waals surface area contributed by atoms with E-state index in [1.165, 1.54) is 18.9 Å². The van der Waals surface area contributed by atoms with Crippen LogP contribution in [0.4, 0.5) is 4.39 Å². The summed E-state index contributed by atoms with van der Waals surface area (Å²) in [5.74, 6) is 0.667. The lowest BCUT2D eigenvalue weighted by atomic mass is 10.0. The molecule has 0 aromatic heterocycles. The maximum absolute atomic E-state index is 13.3. The van der Waals surface area contributed by atoms with Crippen molar-refractivity contribution < 1.29 is 9.18 Å². The Labute approximate surface area is 125 Å². The van der Waals surface area contributed by atoms with Crippen molar-refractivity contribution in [1.29, 1.82) is 0 Å². The van der Waals surface area contributed by atoms with Crippen molar-refractivity contribution in [3.63, 3.8) is 0 Å². The number of rotatable bonds is 4. The second-order valence-electron chi connectivity index (χ2n) is 6.38. The lowest BCUT2D eigenvalue weighted by Crippen LogP contribution is -2.45. The first-order valence-electron chi connectivity index (χ1n) is 7.92. The number of halogens is 1. The minimum absolute atomic E-state index is 0.0266. The minimum atomic E-state index is -0.255. The Kier molecular flexibility index (Phi) is 4.24. The van der Waals surface area contributed by atoms with E-state index in [9.17, 15) is 9.18 Å². The summed E-state index contributed by atoms with van der Waals surface area (Å²) < 4.78 is 13.3. The standard InChI is InChI=1S/C17H23FN2O/c1-12-10-14(4-5-16(12)18)17(21)20-8-6-15(7-9-20)19-11-13-2-3-13/h4-5,10,13,15,19H,2-3,6-9,11H2,1H3. The zero-order valence-corrected chi connectivity index (χ0v) is 12.6. The topological polar surface area (TPSA) is 32.3 Å². The fourth-order valence-corrected chi connectivity index (χ4v) is 2.90. The van der Waals surface area contributed by atoms with E-state index in [2.05, 4.69) is 5.32 Å². The molecular weight excluding hydrogens is 267 g/mol. The molecule has 2 aliphatic rings. The monoisotopic (exact) mass is 290 g/mol. The molecule has 1 aliphatic heterocycles. The lowest BCUT2D eigenvalue weighted by molar-refractivity contribution is 0.0705. The van der Waals surface area contributed by atoms with Crippen LogP contribution in [0.2, 0.25) is 0 Å². The summed E-state index contributed by atoms with van der Waals surface area (Å²) in [5, 5.41) is 3.61. The molecule has 1 aromatic carbocycles. The van der Waals surface area contributed by atoms with Gasteiger partial charge in [0, 0.05) is 24.7 Å². The minimum Gasteiger partial charge on any atom is -0.339 e. The van der Waals surface area contributed by atoms with Crippen molar-refractivity contribution in [2.24, 2.45) is 5.92 Å². The van der Waals surface area contributed by atoms with Crippen molar-refractivity contribution in [2.45, 2.75) is 38.6 Å². The number of aryl methyl sites for hydroxylation is 1. The quantitative estimate of drug-likeness (QED) is 0.925. The number of amides is 1. The first-order chi connectivity index (χ1) is 10.1. The molecular formula is C17H23FN2O. The molecule has 1 N–H and O–H groups in total. The van der Waals surface area contributed by atoms with E-state index in [-0.39, 0.29) is 11.7 Å². The van der Waals surface area contributed by atoms with Gasteiger partial charge in [0.25, 0.3) is 5.91 Å². The van der Waals surface area contributed by atoms with Gasteiger partial charge in [0.15, 0.2) is 0 Å². The average molecular weight is 290 g/mol. The van der Waals surface area contributed by atoms with Gasteiger partial charge >= 0.3 is 0 Å². The van der Waals surface area contributed by atoms with Crippen LogP contribution >= 0.6 is 0 Å². The van der Waals surface area contributed by atoms with Gasteiger partial charge in [-0.3, -0.25) is 4.79 Å². The smallest absolute Gasteiger partial charge is 0.253 e. The molecule has 3 rings (SSSR count). The Hall–Kier alpha value is -1.42. The van der Waals surface area contributed by atoms with Crippen molar-refractivity contribution in [3.8, 4) is 0 Å². The van der Waals surface area contributed by atoms with E-state index in [0.717, 1.165) is 38.4 Å². The summed E-state index contributed by atoms with van der Waals surface area (Å²) in [6.07, 6.45) is 4.76. The van der Waals surface area contributed by atoms with Gasteiger partial charge in [0.1, 0.15) is 5.82 Å². The maximum Gasteiger partial charge on any atom is 0.253 e. The number of carbonyl (C=O) groups is 1. The van der Waals surface area contributed by atoms with Gasteiger partial charge in [-0.2, -0.15) is 0 Å². The predicted molar refractivity (Wildman–Crippen MR) is 80.8 cm³/mol. The van der Waals surface area contributed by atoms with E-state index in [1.54, 1.807) is 19.1 Å². The highest BCUT2D eigenvalue weighted by molar-refractivity contribution is 5.94. The van der Waals surface area contributed by atoms with Crippen LogP contribution in [-0.2, 0) is 0 Å². The molecule has 0 radical (unpaired) electrons. The Balaban J connectivity index is 1.52. The SMILES string of the molecule is Cc1cc(C(=O)N2CCC(NCC3CC3)CC2)ccc1F. The molecule has 1 saturated heterocycles. The van der Waals surface area contributed by atoms with Crippen LogP contribution in [0, 0.1) is 18.7 Å². The number of likely N-dealkylation sites (tertiary alicyclic amines) is 1. The second kappa shape index (κ2) is 6.14. The highest BCUT2D eigenvalue weighted by Gasteiger charge is 2.26. The van der Waals surface area contributed by atoms with Crippen LogP contribution in [0.1, 0.15) is 41.6 Å². The van der Waals surface area contributed by atoms with E-state index >= 15 is 0 Å². The Bertz CT molecular complexity index is 520. The predicted octanol–water partition coefficient (Wildman–Crippen LogP) is 2.74. The summed E-state index contributed by atoms with van der Waals surface area (Å²) >= 11 is 0. The molecule has 4 heteroatoms. The molecule has 21 heavy (non-hydrogen) atoms. The molecule has 1 aromatic rings.